The molecule has 40 heavy (non-hydrogen) atoms. The minimum absolute atomic E-state index is 0.143. The molecule has 5 rings (SSSR count). The second kappa shape index (κ2) is 11.5. The number of nitriles is 1. The molecule has 1 N–H and O–H groups in total. The Hall–Kier alpha value is -4.22. The first-order valence-electron chi connectivity index (χ1n) is 13.8. The van der Waals surface area contributed by atoms with E-state index in [0.29, 0.717) is 41.2 Å². The molecule has 0 radical (unpaired) electrons. The van der Waals surface area contributed by atoms with Crippen molar-refractivity contribution in [3.05, 3.63) is 83.3 Å². The zero-order valence-electron chi connectivity index (χ0n) is 23.5. The fourth-order valence-electron chi connectivity index (χ4n) is 5.59. The van der Waals surface area contributed by atoms with Crippen molar-refractivity contribution in [2.24, 2.45) is 0 Å². The van der Waals surface area contributed by atoms with Gasteiger partial charge in [-0.3, -0.25) is 4.79 Å². The molecule has 2 aliphatic rings. The van der Waals surface area contributed by atoms with Crippen LogP contribution in [-0.2, 0) is 10.2 Å². The molecule has 0 spiro atoms. The molecule has 0 bridgehead atoms. The average molecular weight is 538 g/mol. The molecule has 8 heteroatoms. The third-order valence-corrected chi connectivity index (χ3v) is 8.03. The molecule has 206 valence electrons. The number of nitrogens with one attached hydrogen (secondary N) is 1. The van der Waals surface area contributed by atoms with Crippen LogP contribution < -0.4 is 10.1 Å². The van der Waals surface area contributed by atoms with Gasteiger partial charge in [-0.2, -0.15) is 10.2 Å². The number of methoxy groups -OCH3 is 1. The van der Waals surface area contributed by atoms with Gasteiger partial charge in [0.15, 0.2) is 0 Å². The third kappa shape index (κ3) is 5.56. The molecule has 3 aromatic rings. The summed E-state index contributed by atoms with van der Waals surface area (Å²) in [5.41, 5.74) is 3.47. The number of amides is 1. The quantitative estimate of drug-likeness (QED) is 0.398. The van der Waals surface area contributed by atoms with Crippen LogP contribution in [0.1, 0.15) is 56.0 Å². The van der Waals surface area contributed by atoms with E-state index in [2.05, 4.69) is 58.5 Å². The zero-order valence-corrected chi connectivity index (χ0v) is 23.5. The molecule has 0 saturated carbocycles. The Morgan fingerprint density at radius 3 is 2.65 bits per heavy atom. The van der Waals surface area contributed by atoms with Crippen LogP contribution in [0.2, 0.25) is 0 Å². The van der Waals surface area contributed by atoms with Crippen molar-refractivity contribution in [3.63, 3.8) is 0 Å². The molecular weight excluding hydrogens is 502 g/mol. The van der Waals surface area contributed by atoms with Crippen molar-refractivity contribution in [2.45, 2.75) is 57.4 Å². The molecule has 1 atom stereocenters. The number of aryl methyl sites for hydroxylation is 1. The lowest BCUT2D eigenvalue weighted by atomic mass is 9.73. The van der Waals surface area contributed by atoms with E-state index < -0.39 is 5.41 Å². The maximum atomic E-state index is 13.2. The van der Waals surface area contributed by atoms with Crippen LogP contribution in [-0.4, -0.2) is 47.2 Å². The van der Waals surface area contributed by atoms with E-state index in [1.807, 2.05) is 42.5 Å². The van der Waals surface area contributed by atoms with Gasteiger partial charge in [-0.25, -0.2) is 0 Å². The summed E-state index contributed by atoms with van der Waals surface area (Å²) in [5, 5.41) is 17.3. The number of benzene rings is 2. The highest BCUT2D eigenvalue weighted by Crippen LogP contribution is 2.41. The van der Waals surface area contributed by atoms with Crippen LogP contribution in [0.5, 0.6) is 5.75 Å². The van der Waals surface area contributed by atoms with Gasteiger partial charge in [0.1, 0.15) is 5.75 Å². The number of nitrogens with zero attached hydrogens (tertiary/aromatic N) is 4. The largest absolute Gasteiger partial charge is 0.496 e. The Morgan fingerprint density at radius 2 is 2.02 bits per heavy atom. The van der Waals surface area contributed by atoms with Gasteiger partial charge in [-0.05, 0) is 62.9 Å². The van der Waals surface area contributed by atoms with Crippen molar-refractivity contribution in [1.82, 2.24) is 15.0 Å². The summed E-state index contributed by atoms with van der Waals surface area (Å²) in [5.74, 6) is 1.74. The molecule has 1 aliphatic heterocycles. The van der Waals surface area contributed by atoms with E-state index >= 15 is 0 Å². The van der Waals surface area contributed by atoms with Crippen LogP contribution in [0.4, 0.5) is 5.69 Å². The predicted octanol–water partition coefficient (Wildman–Crippen LogP) is 5.93. The summed E-state index contributed by atoms with van der Waals surface area (Å²) in [4.78, 5) is 19.9. The monoisotopic (exact) mass is 537 g/mol. The van der Waals surface area contributed by atoms with Crippen LogP contribution in [0.15, 0.2) is 70.8 Å². The summed E-state index contributed by atoms with van der Waals surface area (Å²) in [6.07, 6.45) is 8.04. The van der Waals surface area contributed by atoms with Gasteiger partial charge in [-0.15, -0.1) is 0 Å². The number of anilines is 1. The van der Waals surface area contributed by atoms with Gasteiger partial charge >= 0.3 is 0 Å². The van der Waals surface area contributed by atoms with Gasteiger partial charge in [0.2, 0.25) is 11.7 Å². The first-order chi connectivity index (χ1) is 19.3. The lowest BCUT2D eigenvalue weighted by Gasteiger charge is -2.40. The van der Waals surface area contributed by atoms with Crippen LogP contribution in [0.3, 0.4) is 0 Å². The molecule has 2 heterocycles. The first kappa shape index (κ1) is 27.4. The Kier molecular flexibility index (Phi) is 7.85. The SMILES string of the molecule is COc1ccc(NC(=O)C2=CCC(c3cccc(-c4noc(C)n4)c3)C=C2)cc1C1(C#N)CCN(C(C)C)CC1. The highest BCUT2D eigenvalue weighted by atomic mass is 16.5. The first-order valence-corrected chi connectivity index (χ1v) is 13.8. The standard InChI is InChI=1S/C32H35N5O3/c1-21(2)37-16-14-32(20-33,15-17-37)28-19-27(12-13-29(28)39-4)35-31(38)24-10-8-23(9-11-24)25-6-5-7-26(18-25)30-34-22(3)40-36-30/h5-8,10-13,18-19,21,23H,9,14-17H2,1-4H3,(H,35,38). The van der Waals surface area contributed by atoms with E-state index in [1.54, 1.807) is 14.0 Å². The van der Waals surface area contributed by atoms with Crippen LogP contribution >= 0.6 is 0 Å². The molecule has 1 aromatic heterocycles. The summed E-state index contributed by atoms with van der Waals surface area (Å²) in [7, 11) is 1.62. The molecule has 1 amide bonds. The molecule has 1 fully saturated rings. The molecule has 1 aliphatic carbocycles. The van der Waals surface area contributed by atoms with Gasteiger partial charge < -0.3 is 19.5 Å². The fourth-order valence-corrected chi connectivity index (χ4v) is 5.59. The number of likely N-dealkylation sites (tertiary alicyclic amines) is 1. The highest BCUT2D eigenvalue weighted by molar-refractivity contribution is 6.06. The summed E-state index contributed by atoms with van der Waals surface area (Å²) in [6.45, 7) is 7.83. The second-order valence-electron chi connectivity index (χ2n) is 10.8. The average Bonchev–Trinajstić information content (AvgIpc) is 3.43. The second-order valence-corrected chi connectivity index (χ2v) is 10.8. The van der Waals surface area contributed by atoms with Crippen molar-refractivity contribution in [2.75, 3.05) is 25.5 Å². The number of ether oxygens (including phenoxy) is 1. The molecule has 1 saturated heterocycles. The smallest absolute Gasteiger partial charge is 0.255 e. The number of aromatic nitrogens is 2. The fraction of sp³-hybridized carbons (Fsp3) is 0.375. The van der Waals surface area contributed by atoms with Gasteiger partial charge in [-0.1, -0.05) is 41.6 Å². The molecule has 8 nitrogen and oxygen atoms in total. The lowest BCUT2D eigenvalue weighted by molar-refractivity contribution is -0.112. The number of carbonyl (C=O) groups excluding carboxylic acids is 1. The normalized spacial score (nSPS) is 18.7. The molecule has 2 aromatic carbocycles. The van der Waals surface area contributed by atoms with Crippen molar-refractivity contribution in [1.29, 1.82) is 5.26 Å². The summed E-state index contributed by atoms with van der Waals surface area (Å²) in [6, 6.07) is 16.7. The maximum Gasteiger partial charge on any atom is 0.255 e. The van der Waals surface area contributed by atoms with Gasteiger partial charge in [0.25, 0.3) is 5.91 Å². The number of piperidine rings is 1. The number of hydrogen-bond donors (Lipinski definition) is 1. The van der Waals surface area contributed by atoms with Crippen molar-refractivity contribution in [3.8, 4) is 23.2 Å². The van der Waals surface area contributed by atoms with Gasteiger partial charge in [0, 0.05) is 54.4 Å². The third-order valence-electron chi connectivity index (χ3n) is 8.03. The van der Waals surface area contributed by atoms with E-state index in [9.17, 15) is 10.1 Å². The van der Waals surface area contributed by atoms with Crippen molar-refractivity contribution < 1.29 is 14.1 Å². The van der Waals surface area contributed by atoms with E-state index in [4.69, 9.17) is 9.26 Å². The number of hydrogen-bond acceptors (Lipinski definition) is 7. The zero-order chi connectivity index (χ0) is 28.3. The number of allylic oxidation sites excluding steroid dienone is 2. The Bertz CT molecular complexity index is 1490. The maximum absolute atomic E-state index is 13.2. The van der Waals surface area contributed by atoms with E-state index in [1.165, 1.54) is 0 Å². The minimum atomic E-state index is -0.649. The van der Waals surface area contributed by atoms with Crippen LogP contribution in [0.25, 0.3) is 11.4 Å². The number of rotatable bonds is 7. The Morgan fingerprint density at radius 1 is 1.23 bits per heavy atom. The summed E-state index contributed by atoms with van der Waals surface area (Å²) < 4.78 is 10.8. The van der Waals surface area contributed by atoms with E-state index in [-0.39, 0.29) is 11.8 Å². The van der Waals surface area contributed by atoms with Crippen molar-refractivity contribution >= 4 is 11.6 Å². The number of carbonyl (C=O) groups is 1. The highest BCUT2D eigenvalue weighted by Gasteiger charge is 2.39. The lowest BCUT2D eigenvalue weighted by Crippen LogP contribution is -2.44. The topological polar surface area (TPSA) is 104 Å². The molecule has 1 unspecified atom stereocenters. The minimum Gasteiger partial charge on any atom is -0.496 e. The Labute approximate surface area is 235 Å². The Balaban J connectivity index is 1.29. The summed E-state index contributed by atoms with van der Waals surface area (Å²) >= 11 is 0. The molecular formula is C32H35N5O3. The van der Waals surface area contributed by atoms with Gasteiger partial charge in [0.05, 0.1) is 18.6 Å². The predicted molar refractivity (Wildman–Crippen MR) is 154 cm³/mol. The van der Waals surface area contributed by atoms with E-state index in [0.717, 1.165) is 42.6 Å². The van der Waals surface area contributed by atoms with Crippen LogP contribution in [0, 0.1) is 18.3 Å².